The van der Waals surface area contributed by atoms with Crippen LogP contribution in [0.25, 0.3) is 10.9 Å². The molecule has 1 aromatic carbocycles. The normalized spacial score (nSPS) is 18.6. The van der Waals surface area contributed by atoms with Crippen LogP contribution in [0.2, 0.25) is 0 Å². The zero-order valence-corrected chi connectivity index (χ0v) is 11.8. The van der Waals surface area contributed by atoms with Crippen LogP contribution in [-0.2, 0) is 0 Å². The largest absolute Gasteiger partial charge is 0.352 e. The molecule has 1 aromatic heterocycles. The molecule has 21 heavy (non-hydrogen) atoms. The highest BCUT2D eigenvalue weighted by Crippen LogP contribution is 2.11. The number of rotatable bonds is 3. The highest BCUT2D eigenvalue weighted by atomic mass is 16.2. The number of H-pyrrole nitrogens is 1. The maximum Gasteiger partial charge on any atom is 0.261 e. The summed E-state index contributed by atoms with van der Waals surface area (Å²) in [5.74, 6) is 0.148. The lowest BCUT2D eigenvalue weighted by atomic mass is 9.99. The van der Waals surface area contributed by atoms with Crippen molar-refractivity contribution in [2.75, 3.05) is 19.6 Å². The van der Waals surface area contributed by atoms with Gasteiger partial charge in [-0.1, -0.05) is 18.2 Å². The molecule has 0 bridgehead atoms. The molecule has 1 amide bonds. The van der Waals surface area contributed by atoms with E-state index in [1.807, 2.05) is 24.3 Å². The number of piperidine rings is 1. The average molecular weight is 285 g/mol. The van der Waals surface area contributed by atoms with E-state index in [0.29, 0.717) is 12.5 Å². The van der Waals surface area contributed by atoms with Crippen LogP contribution in [0, 0.1) is 5.92 Å². The maximum absolute atomic E-state index is 12.2. The van der Waals surface area contributed by atoms with E-state index in [1.165, 1.54) is 0 Å². The lowest BCUT2D eigenvalue weighted by Gasteiger charge is -2.22. The summed E-state index contributed by atoms with van der Waals surface area (Å²) in [6.45, 7) is 2.58. The van der Waals surface area contributed by atoms with E-state index in [4.69, 9.17) is 0 Å². The molecular weight excluding hydrogens is 266 g/mol. The second-order valence-corrected chi connectivity index (χ2v) is 5.52. The Balaban J connectivity index is 1.74. The Morgan fingerprint density at radius 2 is 2.19 bits per heavy atom. The minimum atomic E-state index is -0.340. The van der Waals surface area contributed by atoms with Crippen LogP contribution in [0.3, 0.4) is 0 Å². The molecule has 2 aromatic rings. The van der Waals surface area contributed by atoms with Crippen molar-refractivity contribution in [3.8, 4) is 0 Å². The lowest BCUT2D eigenvalue weighted by Crippen LogP contribution is -2.39. The van der Waals surface area contributed by atoms with Gasteiger partial charge in [-0.15, -0.1) is 0 Å². The highest BCUT2D eigenvalue weighted by Gasteiger charge is 2.16. The Bertz CT molecular complexity index is 702. The van der Waals surface area contributed by atoms with Gasteiger partial charge < -0.3 is 15.6 Å². The van der Waals surface area contributed by atoms with Crippen LogP contribution in [0.15, 0.2) is 35.1 Å². The molecule has 1 saturated heterocycles. The second kappa shape index (κ2) is 6.10. The van der Waals surface area contributed by atoms with Gasteiger partial charge in [0.25, 0.3) is 11.5 Å². The SMILES string of the molecule is O=C(NCC1CCCNC1)c1cc2ccccc2[nH]c1=O. The molecule has 110 valence electrons. The Morgan fingerprint density at radius 1 is 1.33 bits per heavy atom. The van der Waals surface area contributed by atoms with E-state index in [-0.39, 0.29) is 17.0 Å². The molecule has 1 aliphatic heterocycles. The number of para-hydroxylation sites is 1. The van der Waals surface area contributed by atoms with Crippen molar-refractivity contribution in [2.45, 2.75) is 12.8 Å². The maximum atomic E-state index is 12.2. The fourth-order valence-electron chi connectivity index (χ4n) is 2.75. The standard InChI is InChI=1S/C16H19N3O2/c20-15(18-10-11-4-3-7-17-9-11)13-8-12-5-1-2-6-14(12)19-16(13)21/h1-2,5-6,8,11,17H,3-4,7,9-10H2,(H,18,20)(H,19,21). The fraction of sp³-hybridized carbons (Fsp3) is 0.375. The van der Waals surface area contributed by atoms with E-state index in [9.17, 15) is 9.59 Å². The summed E-state index contributed by atoms with van der Waals surface area (Å²) in [4.78, 5) is 26.9. The predicted molar refractivity (Wildman–Crippen MR) is 82.5 cm³/mol. The van der Waals surface area contributed by atoms with Crippen LogP contribution >= 0.6 is 0 Å². The molecule has 3 N–H and O–H groups in total. The Kier molecular flexibility index (Phi) is 4.01. The van der Waals surface area contributed by atoms with Crippen molar-refractivity contribution in [3.05, 3.63) is 46.2 Å². The molecule has 5 nitrogen and oxygen atoms in total. The first-order valence-electron chi connectivity index (χ1n) is 7.35. The summed E-state index contributed by atoms with van der Waals surface area (Å²) in [6.07, 6.45) is 2.25. The van der Waals surface area contributed by atoms with Crippen LogP contribution in [0.1, 0.15) is 23.2 Å². The Morgan fingerprint density at radius 3 is 3.00 bits per heavy atom. The number of hydrogen-bond acceptors (Lipinski definition) is 3. The predicted octanol–water partition coefficient (Wildman–Crippen LogP) is 1.26. The van der Waals surface area contributed by atoms with Gasteiger partial charge in [0.1, 0.15) is 5.56 Å². The molecule has 0 spiro atoms. The van der Waals surface area contributed by atoms with Crippen LogP contribution < -0.4 is 16.2 Å². The summed E-state index contributed by atoms with van der Waals surface area (Å²) in [7, 11) is 0. The molecule has 1 aliphatic rings. The zero-order valence-electron chi connectivity index (χ0n) is 11.8. The monoisotopic (exact) mass is 285 g/mol. The lowest BCUT2D eigenvalue weighted by molar-refractivity contribution is 0.0943. The highest BCUT2D eigenvalue weighted by molar-refractivity contribution is 5.97. The van der Waals surface area contributed by atoms with Gasteiger partial charge in [0.2, 0.25) is 0 Å². The van der Waals surface area contributed by atoms with E-state index in [0.717, 1.165) is 36.8 Å². The Labute approximate surface area is 122 Å². The molecule has 0 aliphatic carbocycles. The number of aromatic amines is 1. The molecule has 1 unspecified atom stereocenters. The van der Waals surface area contributed by atoms with Gasteiger partial charge in [0.15, 0.2) is 0 Å². The van der Waals surface area contributed by atoms with Crippen molar-refractivity contribution in [1.82, 2.24) is 15.6 Å². The van der Waals surface area contributed by atoms with Crippen molar-refractivity contribution >= 4 is 16.8 Å². The first-order valence-corrected chi connectivity index (χ1v) is 7.35. The van der Waals surface area contributed by atoms with Crippen LogP contribution in [0.5, 0.6) is 0 Å². The van der Waals surface area contributed by atoms with E-state index in [2.05, 4.69) is 15.6 Å². The van der Waals surface area contributed by atoms with Gasteiger partial charge in [-0.05, 0) is 49.4 Å². The van der Waals surface area contributed by atoms with Crippen LogP contribution in [-0.4, -0.2) is 30.5 Å². The first kappa shape index (κ1) is 13.8. The van der Waals surface area contributed by atoms with Gasteiger partial charge in [-0.2, -0.15) is 0 Å². The number of pyridine rings is 1. The summed E-state index contributed by atoms with van der Waals surface area (Å²) >= 11 is 0. The Hall–Kier alpha value is -2.14. The number of hydrogen-bond donors (Lipinski definition) is 3. The van der Waals surface area contributed by atoms with Gasteiger partial charge in [-0.3, -0.25) is 9.59 Å². The van der Waals surface area contributed by atoms with Crippen LogP contribution in [0.4, 0.5) is 0 Å². The molecule has 2 heterocycles. The third-order valence-electron chi connectivity index (χ3n) is 3.95. The number of amides is 1. The van der Waals surface area contributed by atoms with E-state index < -0.39 is 0 Å². The number of benzene rings is 1. The molecular formula is C16H19N3O2. The molecule has 0 saturated carbocycles. The topological polar surface area (TPSA) is 74.0 Å². The number of carbonyl (C=O) groups is 1. The number of fused-ring (bicyclic) bond motifs is 1. The summed E-state index contributed by atoms with van der Waals surface area (Å²) in [5, 5.41) is 7.05. The summed E-state index contributed by atoms with van der Waals surface area (Å²) < 4.78 is 0. The van der Waals surface area contributed by atoms with E-state index >= 15 is 0 Å². The van der Waals surface area contributed by atoms with Gasteiger partial charge in [0.05, 0.1) is 0 Å². The third-order valence-corrected chi connectivity index (χ3v) is 3.95. The molecule has 0 radical (unpaired) electrons. The van der Waals surface area contributed by atoms with Crippen molar-refractivity contribution in [1.29, 1.82) is 0 Å². The van der Waals surface area contributed by atoms with Gasteiger partial charge in [0, 0.05) is 12.1 Å². The van der Waals surface area contributed by atoms with Crippen molar-refractivity contribution in [3.63, 3.8) is 0 Å². The molecule has 1 atom stereocenters. The first-order chi connectivity index (χ1) is 10.2. The number of aromatic nitrogens is 1. The second-order valence-electron chi connectivity index (χ2n) is 5.52. The zero-order chi connectivity index (χ0) is 14.7. The summed E-state index contributed by atoms with van der Waals surface area (Å²) in [6, 6.07) is 9.10. The average Bonchev–Trinajstić information content (AvgIpc) is 2.53. The van der Waals surface area contributed by atoms with Crippen molar-refractivity contribution < 1.29 is 4.79 Å². The van der Waals surface area contributed by atoms with E-state index in [1.54, 1.807) is 6.07 Å². The van der Waals surface area contributed by atoms with Gasteiger partial charge >= 0.3 is 0 Å². The van der Waals surface area contributed by atoms with Gasteiger partial charge in [-0.25, -0.2) is 0 Å². The smallest absolute Gasteiger partial charge is 0.261 e. The number of carbonyl (C=O) groups excluding carboxylic acids is 1. The number of nitrogens with one attached hydrogen (secondary N) is 3. The molecule has 3 rings (SSSR count). The van der Waals surface area contributed by atoms with Crippen molar-refractivity contribution in [2.24, 2.45) is 5.92 Å². The summed E-state index contributed by atoms with van der Waals surface area (Å²) in [5.41, 5.74) is 0.584. The minimum absolute atomic E-state index is 0.178. The quantitative estimate of drug-likeness (QED) is 0.795. The molecule has 1 fully saturated rings. The fourth-order valence-corrected chi connectivity index (χ4v) is 2.75. The third kappa shape index (κ3) is 3.13. The minimum Gasteiger partial charge on any atom is -0.352 e. The molecule has 5 heteroatoms.